The number of ether oxygens (including phenoxy) is 4. The van der Waals surface area contributed by atoms with Crippen molar-refractivity contribution in [3.8, 4) is 0 Å². The number of benzene rings is 4. The predicted octanol–water partition coefficient (Wildman–Crippen LogP) is 8.16. The van der Waals surface area contributed by atoms with Gasteiger partial charge < -0.3 is 39.4 Å². The summed E-state index contributed by atoms with van der Waals surface area (Å²) in [4.78, 5) is 63.4. The molecule has 4 aromatic rings. The van der Waals surface area contributed by atoms with Crippen LogP contribution in [-0.2, 0) is 74.1 Å². The fraction of sp³-hybridized carbons (Fsp3) is 0.224. The third kappa shape index (κ3) is 27.1. The zero-order chi connectivity index (χ0) is 46.8. The van der Waals surface area contributed by atoms with Gasteiger partial charge in [0.2, 0.25) is 0 Å². The SMILES string of the molecule is C1CCOC1.C=Cc1ccc(CO)cc1.C=Cc1ccc(COC(=O)CC(=O)O)cc1.C=Cc1ccc(COC(=O)CC(=O)OCc2ccc(C=C)cc2)cc1.O=C(O)CC(=O)O. The second-order valence-electron chi connectivity index (χ2n) is 13.0. The molecule has 0 radical (unpaired) electrons. The van der Waals surface area contributed by atoms with Gasteiger partial charge in [-0.05, 0) is 57.3 Å². The van der Waals surface area contributed by atoms with Crippen molar-refractivity contribution in [2.75, 3.05) is 13.2 Å². The minimum absolute atomic E-state index is 0.0868. The van der Waals surface area contributed by atoms with E-state index in [2.05, 4.69) is 26.3 Å². The van der Waals surface area contributed by atoms with Crippen LogP contribution in [0.15, 0.2) is 123 Å². The fourth-order valence-electron chi connectivity index (χ4n) is 4.53. The van der Waals surface area contributed by atoms with Crippen LogP contribution in [0.4, 0.5) is 0 Å². The largest absolute Gasteiger partial charge is 0.481 e. The van der Waals surface area contributed by atoms with Gasteiger partial charge in [-0.25, -0.2) is 0 Å². The van der Waals surface area contributed by atoms with Crippen LogP contribution in [0.1, 0.15) is 76.6 Å². The Bertz CT molecular complexity index is 1960. The van der Waals surface area contributed by atoms with Crippen molar-refractivity contribution in [2.45, 2.75) is 58.5 Å². The third-order valence-electron chi connectivity index (χ3n) is 7.96. The van der Waals surface area contributed by atoms with Gasteiger partial charge in [-0.3, -0.25) is 28.8 Å². The second kappa shape index (κ2) is 32.4. The average molecular weight is 867 g/mol. The normalized spacial score (nSPS) is 10.6. The Kier molecular flexibility index (Phi) is 27.5. The van der Waals surface area contributed by atoms with Gasteiger partial charge in [0.25, 0.3) is 0 Å². The molecule has 334 valence electrons. The van der Waals surface area contributed by atoms with Gasteiger partial charge in [0.1, 0.15) is 39.1 Å². The molecule has 0 bridgehead atoms. The van der Waals surface area contributed by atoms with Crippen LogP contribution in [0, 0.1) is 0 Å². The lowest BCUT2D eigenvalue weighted by Gasteiger charge is -2.07. The molecule has 0 aliphatic carbocycles. The molecule has 1 saturated heterocycles. The van der Waals surface area contributed by atoms with E-state index < -0.39 is 55.1 Å². The van der Waals surface area contributed by atoms with E-state index in [9.17, 15) is 28.8 Å². The van der Waals surface area contributed by atoms with Gasteiger partial charge in [0.05, 0.1) is 6.61 Å². The number of aliphatic hydroxyl groups excluding tert-OH is 1. The van der Waals surface area contributed by atoms with Gasteiger partial charge in [0, 0.05) is 13.2 Å². The van der Waals surface area contributed by atoms with E-state index >= 15 is 0 Å². The summed E-state index contributed by atoms with van der Waals surface area (Å²) >= 11 is 0. The molecule has 1 fully saturated rings. The molecule has 0 atom stereocenters. The first-order valence-corrected chi connectivity index (χ1v) is 19.4. The first-order valence-electron chi connectivity index (χ1n) is 19.4. The number of hydrogen-bond donors (Lipinski definition) is 4. The summed E-state index contributed by atoms with van der Waals surface area (Å²) in [6.07, 6.45) is 7.69. The Balaban J connectivity index is 0.000000443. The molecule has 5 rings (SSSR count). The number of rotatable bonds is 17. The summed E-state index contributed by atoms with van der Waals surface area (Å²) in [6, 6.07) is 29.8. The Hall–Kier alpha value is -7.42. The molecular formula is C49H54O14. The van der Waals surface area contributed by atoms with E-state index in [-0.39, 0.29) is 26.4 Å². The summed E-state index contributed by atoms with van der Waals surface area (Å²) < 4.78 is 19.9. The van der Waals surface area contributed by atoms with E-state index in [1.807, 2.05) is 84.9 Å². The monoisotopic (exact) mass is 866 g/mol. The topological polar surface area (TPSA) is 220 Å². The van der Waals surface area contributed by atoms with Crippen molar-refractivity contribution in [3.63, 3.8) is 0 Å². The van der Waals surface area contributed by atoms with Gasteiger partial charge in [0.15, 0.2) is 0 Å². The fourth-order valence-corrected chi connectivity index (χ4v) is 4.53. The maximum absolute atomic E-state index is 11.7. The highest BCUT2D eigenvalue weighted by atomic mass is 16.6. The number of aliphatic carboxylic acids is 3. The van der Waals surface area contributed by atoms with Gasteiger partial charge in [-0.15, -0.1) is 0 Å². The van der Waals surface area contributed by atoms with Gasteiger partial charge >= 0.3 is 35.8 Å². The number of carbonyl (C=O) groups is 6. The lowest BCUT2D eigenvalue weighted by molar-refractivity contribution is -0.156. The van der Waals surface area contributed by atoms with Crippen molar-refractivity contribution in [2.24, 2.45) is 0 Å². The first-order chi connectivity index (χ1) is 30.2. The standard InChI is InChI=1S/C21H20O4.C12H12O4.C9H10O.C4H8O.C3H4O4/c1-3-16-5-9-18(10-6-16)14-24-20(22)13-21(23)25-15-19-11-7-17(4-2)8-12-19;1-2-9-3-5-10(6-4-9)8-16-12(15)7-11(13)14;1-2-8-3-5-9(7-10)6-4-8;1-2-4-5-3-1;4-2(5)1-3(6)7/h3-12H,1-2,13-15H2;2-6H,1,7-8H2,(H,13,14);2-6,10H,1,7H2;1-4H2;1H2,(H,4,5)(H,6,7). The summed E-state index contributed by atoms with van der Waals surface area (Å²) in [7, 11) is 0. The highest BCUT2D eigenvalue weighted by Gasteiger charge is 2.13. The zero-order valence-electron chi connectivity index (χ0n) is 35.0. The molecule has 0 amide bonds. The van der Waals surface area contributed by atoms with E-state index in [0.717, 1.165) is 57.7 Å². The number of esters is 3. The molecule has 0 spiro atoms. The zero-order valence-corrected chi connectivity index (χ0v) is 35.0. The summed E-state index contributed by atoms with van der Waals surface area (Å²) in [5.41, 5.74) is 7.46. The molecule has 0 saturated carbocycles. The van der Waals surface area contributed by atoms with Crippen molar-refractivity contribution in [1.82, 2.24) is 0 Å². The molecule has 63 heavy (non-hydrogen) atoms. The van der Waals surface area contributed by atoms with Crippen molar-refractivity contribution < 1.29 is 68.1 Å². The number of carboxylic acids is 3. The van der Waals surface area contributed by atoms with Crippen molar-refractivity contribution in [3.05, 3.63) is 168 Å². The van der Waals surface area contributed by atoms with Crippen LogP contribution < -0.4 is 0 Å². The highest BCUT2D eigenvalue weighted by Crippen LogP contribution is 2.10. The van der Waals surface area contributed by atoms with Crippen LogP contribution in [0.5, 0.6) is 0 Å². The van der Waals surface area contributed by atoms with Gasteiger partial charge in [-0.2, -0.15) is 0 Å². The minimum Gasteiger partial charge on any atom is -0.481 e. The Morgan fingerprint density at radius 2 is 0.714 bits per heavy atom. The molecule has 0 aromatic heterocycles. The predicted molar refractivity (Wildman–Crippen MR) is 238 cm³/mol. The maximum atomic E-state index is 11.7. The molecule has 1 aliphatic rings. The number of hydrogen-bond acceptors (Lipinski definition) is 11. The van der Waals surface area contributed by atoms with Crippen molar-refractivity contribution >= 4 is 60.1 Å². The first kappa shape index (κ1) is 53.6. The lowest BCUT2D eigenvalue weighted by atomic mass is 10.1. The quantitative estimate of drug-likeness (QED) is 0.0447. The Morgan fingerprint density at radius 3 is 0.921 bits per heavy atom. The van der Waals surface area contributed by atoms with E-state index in [4.69, 9.17) is 39.4 Å². The molecule has 4 aromatic carbocycles. The lowest BCUT2D eigenvalue weighted by Crippen LogP contribution is -2.13. The molecule has 14 nitrogen and oxygen atoms in total. The van der Waals surface area contributed by atoms with E-state index in [0.29, 0.717) is 0 Å². The van der Waals surface area contributed by atoms with Crippen LogP contribution in [0.3, 0.4) is 0 Å². The molecule has 1 heterocycles. The molecule has 1 aliphatic heterocycles. The van der Waals surface area contributed by atoms with Crippen LogP contribution in [-0.4, -0.2) is 69.5 Å². The smallest absolute Gasteiger partial charge is 0.317 e. The Labute approximate surface area is 367 Å². The second-order valence-corrected chi connectivity index (χ2v) is 13.0. The summed E-state index contributed by atoms with van der Waals surface area (Å²) in [5.74, 6) is -5.77. The summed E-state index contributed by atoms with van der Waals surface area (Å²) in [5, 5.41) is 32.4. The highest BCUT2D eigenvalue weighted by molar-refractivity contribution is 5.91. The average Bonchev–Trinajstić information content (AvgIpc) is 3.88. The number of aliphatic hydroxyl groups is 1. The minimum atomic E-state index is -1.31. The molecule has 4 N–H and O–H groups in total. The Morgan fingerprint density at radius 1 is 0.444 bits per heavy atom. The maximum Gasteiger partial charge on any atom is 0.317 e. The van der Waals surface area contributed by atoms with E-state index in [1.54, 1.807) is 36.4 Å². The number of carboxylic acid groups (broad SMARTS) is 3. The van der Waals surface area contributed by atoms with Crippen LogP contribution in [0.2, 0.25) is 0 Å². The van der Waals surface area contributed by atoms with Gasteiger partial charge in [-0.1, -0.05) is 148 Å². The van der Waals surface area contributed by atoms with E-state index in [1.165, 1.54) is 12.8 Å². The van der Waals surface area contributed by atoms with Crippen molar-refractivity contribution in [1.29, 1.82) is 0 Å². The summed E-state index contributed by atoms with van der Waals surface area (Å²) in [6.45, 7) is 17.0. The number of carbonyl (C=O) groups excluding carboxylic acids is 3. The molecule has 14 heteroatoms. The van der Waals surface area contributed by atoms with Crippen LogP contribution >= 0.6 is 0 Å². The molecule has 0 unspecified atom stereocenters. The van der Waals surface area contributed by atoms with Crippen LogP contribution in [0.25, 0.3) is 24.3 Å². The third-order valence-corrected chi connectivity index (χ3v) is 7.96. The molecular weight excluding hydrogens is 813 g/mol.